The number of amides is 1. The maximum Gasteiger partial charge on any atom is 0.258 e. The van der Waals surface area contributed by atoms with E-state index >= 15 is 0 Å². The van der Waals surface area contributed by atoms with Crippen molar-refractivity contribution in [1.82, 2.24) is 14.7 Å². The fourth-order valence-electron chi connectivity index (χ4n) is 2.86. The van der Waals surface area contributed by atoms with Crippen molar-refractivity contribution < 1.29 is 4.79 Å². The summed E-state index contributed by atoms with van der Waals surface area (Å²) in [5.41, 5.74) is 0.728. The van der Waals surface area contributed by atoms with Crippen molar-refractivity contribution in [2.75, 3.05) is 0 Å². The number of nitriles is 2. The Balaban J connectivity index is 1.93. The van der Waals surface area contributed by atoms with Crippen LogP contribution in [0, 0.1) is 40.9 Å². The molecule has 2 aromatic heterocycles. The van der Waals surface area contributed by atoms with Crippen LogP contribution >= 0.6 is 23.1 Å². The van der Waals surface area contributed by atoms with Gasteiger partial charge in [-0.25, -0.2) is 4.98 Å². The van der Waals surface area contributed by atoms with Crippen LogP contribution in [0.25, 0.3) is 4.96 Å². The molecule has 1 atom stereocenters. The molecular weight excluding hydrogens is 370 g/mol. The summed E-state index contributed by atoms with van der Waals surface area (Å²) in [6, 6.07) is 5.55. The number of rotatable bonds is 3. The van der Waals surface area contributed by atoms with Crippen LogP contribution in [-0.4, -0.2) is 15.3 Å². The highest BCUT2D eigenvalue weighted by molar-refractivity contribution is 8.02. The minimum Gasteiger partial charge on any atom is -0.319 e. The van der Waals surface area contributed by atoms with Gasteiger partial charge in [0, 0.05) is 28.3 Å². The van der Waals surface area contributed by atoms with E-state index in [0.29, 0.717) is 27.0 Å². The van der Waals surface area contributed by atoms with Gasteiger partial charge in [-0.2, -0.15) is 10.5 Å². The number of carbonyl (C=O) groups is 1. The quantitative estimate of drug-likeness (QED) is 0.868. The monoisotopic (exact) mass is 385 g/mol. The molecule has 3 rings (SSSR count). The average molecular weight is 385 g/mol. The number of allylic oxidation sites excluding steroid dienone is 1. The lowest BCUT2D eigenvalue weighted by Crippen LogP contribution is -2.44. The molecule has 1 amide bonds. The van der Waals surface area contributed by atoms with Crippen LogP contribution in [0.15, 0.2) is 26.8 Å². The molecule has 7 nitrogen and oxygen atoms in total. The summed E-state index contributed by atoms with van der Waals surface area (Å²) in [7, 11) is 0. The van der Waals surface area contributed by atoms with Gasteiger partial charge >= 0.3 is 0 Å². The number of thiazole rings is 1. The van der Waals surface area contributed by atoms with Gasteiger partial charge in [0.05, 0.1) is 28.4 Å². The van der Waals surface area contributed by atoms with Gasteiger partial charge < -0.3 is 5.32 Å². The van der Waals surface area contributed by atoms with E-state index in [2.05, 4.69) is 16.4 Å². The van der Waals surface area contributed by atoms with Crippen LogP contribution < -0.4 is 10.9 Å². The van der Waals surface area contributed by atoms with Crippen LogP contribution in [0.1, 0.15) is 25.2 Å². The molecule has 2 aromatic rings. The Bertz CT molecular complexity index is 1080. The van der Waals surface area contributed by atoms with Gasteiger partial charge in [0.2, 0.25) is 5.91 Å². The van der Waals surface area contributed by atoms with Gasteiger partial charge in [-0.05, 0) is 6.92 Å². The van der Waals surface area contributed by atoms with Gasteiger partial charge in [0.25, 0.3) is 5.56 Å². The number of aromatic nitrogens is 2. The molecule has 132 valence electrons. The van der Waals surface area contributed by atoms with Crippen molar-refractivity contribution in [3.8, 4) is 12.1 Å². The van der Waals surface area contributed by atoms with Crippen molar-refractivity contribution in [3.63, 3.8) is 0 Å². The van der Waals surface area contributed by atoms with Crippen molar-refractivity contribution >= 4 is 34.0 Å². The second-order valence-electron chi connectivity index (χ2n) is 6.46. The van der Waals surface area contributed by atoms with Crippen LogP contribution in [0.4, 0.5) is 0 Å². The minimum atomic E-state index is -0.922. The van der Waals surface area contributed by atoms with E-state index in [1.807, 2.05) is 18.4 Å². The van der Waals surface area contributed by atoms with Crippen LogP contribution in [0.5, 0.6) is 0 Å². The average Bonchev–Trinajstić information content (AvgIpc) is 2.94. The number of carbonyl (C=O) groups excluding carboxylic acids is 1. The highest BCUT2D eigenvalue weighted by Crippen LogP contribution is 2.42. The zero-order valence-electron chi connectivity index (χ0n) is 14.4. The molecule has 0 aromatic carbocycles. The van der Waals surface area contributed by atoms with Gasteiger partial charge in [0.1, 0.15) is 5.92 Å². The molecule has 0 bridgehead atoms. The maximum atomic E-state index is 12.2. The van der Waals surface area contributed by atoms with E-state index in [0.717, 1.165) is 5.69 Å². The lowest BCUT2D eigenvalue weighted by atomic mass is 9.72. The number of hydrogen-bond acceptors (Lipinski definition) is 7. The lowest BCUT2D eigenvalue weighted by molar-refractivity contribution is -0.125. The molecule has 1 aliphatic rings. The predicted molar refractivity (Wildman–Crippen MR) is 99.0 cm³/mol. The molecule has 0 saturated carbocycles. The Kier molecular flexibility index (Phi) is 4.61. The third-order valence-corrected chi connectivity index (χ3v) is 6.30. The van der Waals surface area contributed by atoms with Crippen molar-refractivity contribution in [2.24, 2.45) is 11.3 Å². The Hall–Kier alpha value is -2.62. The van der Waals surface area contributed by atoms with E-state index in [-0.39, 0.29) is 5.56 Å². The molecule has 0 spiro atoms. The minimum absolute atomic E-state index is 0.156. The molecule has 0 unspecified atom stereocenters. The first-order chi connectivity index (χ1) is 12.3. The summed E-state index contributed by atoms with van der Waals surface area (Å²) in [5, 5.41) is 23.7. The topological polar surface area (TPSA) is 111 Å². The zero-order valence-corrected chi connectivity index (χ0v) is 16.0. The molecular formula is C17H15N5O2S2. The molecule has 0 aliphatic carbocycles. The SMILES string of the molecule is Cc1csc2nc(CSC3=C(C#N)C(C)(C)[C@@H](C#N)C(=O)N3)cc(=O)n12. The number of nitrogens with one attached hydrogen (secondary N) is 1. The fraction of sp³-hybridized carbons (Fsp3) is 0.353. The number of fused-ring (bicyclic) bond motifs is 1. The van der Waals surface area contributed by atoms with Gasteiger partial charge in [-0.1, -0.05) is 13.8 Å². The van der Waals surface area contributed by atoms with Crippen LogP contribution in [0.3, 0.4) is 0 Å². The van der Waals surface area contributed by atoms with Crippen molar-refractivity contribution in [2.45, 2.75) is 26.5 Å². The number of hydrogen-bond donors (Lipinski definition) is 1. The number of thioether (sulfide) groups is 1. The van der Waals surface area contributed by atoms with Crippen LogP contribution in [0.2, 0.25) is 0 Å². The standard InChI is InChI=1S/C17H15N5O2S2/c1-9-7-26-16-20-10(4-13(23)22(9)16)8-25-15-12(6-19)17(2,3)11(5-18)14(24)21-15/h4,7,11H,8H2,1-3H3,(H,21,24)/t11-/m0/s1. The van der Waals surface area contributed by atoms with Crippen LogP contribution in [-0.2, 0) is 10.5 Å². The summed E-state index contributed by atoms with van der Waals surface area (Å²) >= 11 is 2.62. The Morgan fingerprint density at radius 1 is 1.42 bits per heavy atom. The first kappa shape index (κ1) is 18.2. The number of nitrogens with zero attached hydrogens (tertiary/aromatic N) is 4. The molecule has 0 saturated heterocycles. The summed E-state index contributed by atoms with van der Waals surface area (Å²) in [6.07, 6.45) is 0. The largest absolute Gasteiger partial charge is 0.319 e. The molecule has 0 radical (unpaired) electrons. The summed E-state index contributed by atoms with van der Waals surface area (Å²) in [4.78, 5) is 29.5. The lowest BCUT2D eigenvalue weighted by Gasteiger charge is -2.34. The van der Waals surface area contributed by atoms with Crippen molar-refractivity contribution in [1.29, 1.82) is 10.5 Å². The fourth-order valence-corrected chi connectivity index (χ4v) is 4.81. The van der Waals surface area contributed by atoms with Gasteiger partial charge in [-0.15, -0.1) is 23.1 Å². The normalized spacial score (nSPS) is 19.1. The van der Waals surface area contributed by atoms with E-state index in [1.54, 1.807) is 18.2 Å². The molecule has 26 heavy (non-hydrogen) atoms. The van der Waals surface area contributed by atoms with E-state index in [9.17, 15) is 20.1 Å². The number of aryl methyl sites for hydroxylation is 1. The first-order valence-electron chi connectivity index (χ1n) is 7.74. The third-order valence-electron chi connectivity index (χ3n) is 4.33. The second kappa shape index (κ2) is 6.60. The van der Waals surface area contributed by atoms with Gasteiger partial charge in [-0.3, -0.25) is 14.0 Å². The van der Waals surface area contributed by atoms with E-state index in [1.165, 1.54) is 29.2 Å². The summed E-state index contributed by atoms with van der Waals surface area (Å²) < 4.78 is 1.54. The molecule has 9 heteroatoms. The Morgan fingerprint density at radius 3 is 2.81 bits per heavy atom. The Morgan fingerprint density at radius 2 is 2.15 bits per heavy atom. The highest BCUT2D eigenvalue weighted by atomic mass is 32.2. The zero-order chi connectivity index (χ0) is 19.1. The third kappa shape index (κ3) is 2.90. The smallest absolute Gasteiger partial charge is 0.258 e. The van der Waals surface area contributed by atoms with E-state index < -0.39 is 17.2 Å². The molecule has 1 aliphatic heterocycles. The highest BCUT2D eigenvalue weighted by Gasteiger charge is 2.44. The van der Waals surface area contributed by atoms with E-state index in [4.69, 9.17) is 0 Å². The van der Waals surface area contributed by atoms with Crippen molar-refractivity contribution in [3.05, 3.63) is 43.8 Å². The molecule has 1 N–H and O–H groups in total. The summed E-state index contributed by atoms with van der Waals surface area (Å²) in [5.74, 6) is -1.01. The predicted octanol–water partition coefficient (Wildman–Crippen LogP) is 2.33. The maximum absolute atomic E-state index is 12.2. The van der Waals surface area contributed by atoms with Gasteiger partial charge in [0.15, 0.2) is 4.96 Å². The molecule has 0 fully saturated rings. The first-order valence-corrected chi connectivity index (χ1v) is 9.61. The second-order valence-corrected chi connectivity index (χ2v) is 8.28. The summed E-state index contributed by atoms with van der Waals surface area (Å²) in [6.45, 7) is 5.27. The molecule has 3 heterocycles. The Labute approximate surface area is 158 Å².